The van der Waals surface area contributed by atoms with Crippen molar-refractivity contribution in [1.29, 1.82) is 0 Å². The van der Waals surface area contributed by atoms with E-state index in [0.29, 0.717) is 5.56 Å². The average Bonchev–Trinajstić information content (AvgIpc) is 2.52. The van der Waals surface area contributed by atoms with Crippen molar-refractivity contribution >= 4 is 11.9 Å². The Morgan fingerprint density at radius 1 is 1.08 bits per heavy atom. The predicted octanol–water partition coefficient (Wildman–Crippen LogP) is 3.20. The zero-order valence-electron chi connectivity index (χ0n) is 13.6. The van der Waals surface area contributed by atoms with Crippen LogP contribution in [0.5, 0.6) is 0 Å². The molecule has 2 rings (SSSR count). The second-order valence-corrected chi connectivity index (χ2v) is 5.48. The number of halogens is 3. The molecular formula is C17H17F3O5. The second-order valence-electron chi connectivity index (χ2n) is 5.48. The van der Waals surface area contributed by atoms with E-state index in [0.717, 1.165) is 12.1 Å². The van der Waals surface area contributed by atoms with Gasteiger partial charge in [-0.15, -0.1) is 0 Å². The van der Waals surface area contributed by atoms with Crippen LogP contribution in [-0.4, -0.2) is 30.8 Å². The van der Waals surface area contributed by atoms with E-state index >= 15 is 0 Å². The molecule has 0 N–H and O–H groups in total. The molecule has 0 aliphatic carbocycles. The van der Waals surface area contributed by atoms with E-state index in [1.807, 2.05) is 0 Å². The molecule has 0 bridgehead atoms. The van der Waals surface area contributed by atoms with Gasteiger partial charge >= 0.3 is 18.1 Å². The molecule has 0 unspecified atom stereocenters. The van der Waals surface area contributed by atoms with E-state index < -0.39 is 42.0 Å². The van der Waals surface area contributed by atoms with Crippen molar-refractivity contribution < 1.29 is 37.0 Å². The Morgan fingerprint density at radius 3 is 2.24 bits per heavy atom. The van der Waals surface area contributed by atoms with Crippen LogP contribution in [0.15, 0.2) is 36.4 Å². The molecule has 8 heteroatoms. The summed E-state index contributed by atoms with van der Waals surface area (Å²) in [7, 11) is 0. The highest BCUT2D eigenvalue weighted by Crippen LogP contribution is 2.32. The van der Waals surface area contributed by atoms with E-state index in [1.165, 1.54) is 26.0 Å². The summed E-state index contributed by atoms with van der Waals surface area (Å²) < 4.78 is 53.6. The minimum absolute atomic E-state index is 0.144. The van der Waals surface area contributed by atoms with Crippen LogP contribution in [0.3, 0.4) is 0 Å². The van der Waals surface area contributed by atoms with E-state index in [9.17, 15) is 22.8 Å². The Labute approximate surface area is 142 Å². The third-order valence-corrected chi connectivity index (χ3v) is 3.48. The molecule has 25 heavy (non-hydrogen) atoms. The number of rotatable bonds is 4. The standard InChI is InChI=1S/C17H17F3O5/c1-10(21)23-9-16-15(24-11(2)22)8-7-14(25-16)12-3-5-13(6-4-12)17(18,19)20/h3-8,14-16H,9H2,1-2H3/t14-,15-,16+/m0/s1. The largest absolute Gasteiger partial charge is 0.463 e. The molecule has 0 fully saturated rings. The maximum atomic E-state index is 12.6. The van der Waals surface area contributed by atoms with Gasteiger partial charge in [0.15, 0.2) is 0 Å². The lowest BCUT2D eigenvalue weighted by Gasteiger charge is -2.31. The minimum atomic E-state index is -4.42. The minimum Gasteiger partial charge on any atom is -0.463 e. The number of esters is 2. The number of benzene rings is 1. The van der Waals surface area contributed by atoms with Gasteiger partial charge in [-0.1, -0.05) is 18.2 Å². The lowest BCUT2D eigenvalue weighted by atomic mass is 10.0. The van der Waals surface area contributed by atoms with Crippen molar-refractivity contribution in [2.24, 2.45) is 0 Å². The van der Waals surface area contributed by atoms with Gasteiger partial charge in [0.2, 0.25) is 0 Å². The van der Waals surface area contributed by atoms with Gasteiger partial charge in [-0.3, -0.25) is 9.59 Å². The van der Waals surface area contributed by atoms with Crippen molar-refractivity contribution in [2.75, 3.05) is 6.61 Å². The van der Waals surface area contributed by atoms with E-state index in [1.54, 1.807) is 12.2 Å². The van der Waals surface area contributed by atoms with E-state index in [4.69, 9.17) is 14.2 Å². The summed E-state index contributed by atoms with van der Waals surface area (Å²) in [5.74, 6) is -1.05. The van der Waals surface area contributed by atoms with Gasteiger partial charge in [-0.2, -0.15) is 13.2 Å². The maximum absolute atomic E-state index is 12.6. The summed E-state index contributed by atoms with van der Waals surface area (Å²) in [4.78, 5) is 22.1. The molecular weight excluding hydrogens is 341 g/mol. The summed E-state index contributed by atoms with van der Waals surface area (Å²) in [6.45, 7) is 2.32. The number of alkyl halides is 3. The summed E-state index contributed by atoms with van der Waals surface area (Å²) >= 11 is 0. The second kappa shape index (κ2) is 7.69. The highest BCUT2D eigenvalue weighted by molar-refractivity contribution is 5.66. The van der Waals surface area contributed by atoms with Crippen LogP contribution < -0.4 is 0 Å². The van der Waals surface area contributed by atoms with Gasteiger partial charge in [0, 0.05) is 13.8 Å². The number of hydrogen-bond donors (Lipinski definition) is 0. The molecule has 136 valence electrons. The summed E-state index contributed by atoms with van der Waals surface area (Å²) in [5.41, 5.74) is -0.261. The average molecular weight is 358 g/mol. The summed E-state index contributed by atoms with van der Waals surface area (Å²) in [6, 6.07) is 4.55. The van der Waals surface area contributed by atoms with E-state index in [2.05, 4.69) is 0 Å². The van der Waals surface area contributed by atoms with Crippen LogP contribution in [-0.2, 0) is 30.0 Å². The Bertz CT molecular complexity index is 651. The molecule has 0 amide bonds. The highest BCUT2D eigenvalue weighted by atomic mass is 19.4. The predicted molar refractivity (Wildman–Crippen MR) is 80.4 cm³/mol. The molecule has 0 saturated heterocycles. The zero-order valence-corrected chi connectivity index (χ0v) is 13.6. The molecule has 1 aliphatic heterocycles. The van der Waals surface area contributed by atoms with Crippen LogP contribution in [0, 0.1) is 0 Å². The molecule has 0 spiro atoms. The molecule has 5 nitrogen and oxygen atoms in total. The third kappa shape index (κ3) is 5.32. The van der Waals surface area contributed by atoms with Crippen LogP contribution >= 0.6 is 0 Å². The van der Waals surface area contributed by atoms with Crippen LogP contribution in [0.1, 0.15) is 31.1 Å². The van der Waals surface area contributed by atoms with Crippen molar-refractivity contribution in [3.05, 3.63) is 47.5 Å². The van der Waals surface area contributed by atoms with Gasteiger partial charge in [-0.05, 0) is 23.8 Å². The fourth-order valence-corrected chi connectivity index (χ4v) is 2.34. The molecule has 3 atom stereocenters. The topological polar surface area (TPSA) is 61.8 Å². The summed E-state index contributed by atoms with van der Waals surface area (Å²) in [5, 5.41) is 0. The van der Waals surface area contributed by atoms with Gasteiger partial charge in [-0.25, -0.2) is 0 Å². The van der Waals surface area contributed by atoms with Crippen LogP contribution in [0.25, 0.3) is 0 Å². The Morgan fingerprint density at radius 2 is 1.72 bits per heavy atom. The smallest absolute Gasteiger partial charge is 0.416 e. The lowest BCUT2D eigenvalue weighted by Crippen LogP contribution is -2.39. The number of carbonyl (C=O) groups excluding carboxylic acids is 2. The summed E-state index contributed by atoms with van der Waals surface area (Å²) in [6.07, 6.45) is -3.41. The number of hydrogen-bond acceptors (Lipinski definition) is 5. The van der Waals surface area contributed by atoms with Crippen molar-refractivity contribution in [1.82, 2.24) is 0 Å². The van der Waals surface area contributed by atoms with Crippen molar-refractivity contribution in [3.8, 4) is 0 Å². The van der Waals surface area contributed by atoms with E-state index in [-0.39, 0.29) is 6.61 Å². The molecule has 0 radical (unpaired) electrons. The molecule has 1 heterocycles. The first-order chi connectivity index (χ1) is 11.7. The molecule has 1 aliphatic rings. The number of ether oxygens (including phenoxy) is 3. The Hall–Kier alpha value is -2.35. The first-order valence-electron chi connectivity index (χ1n) is 7.48. The van der Waals surface area contributed by atoms with Gasteiger partial charge < -0.3 is 14.2 Å². The van der Waals surface area contributed by atoms with Gasteiger partial charge in [0.1, 0.15) is 24.9 Å². The van der Waals surface area contributed by atoms with Gasteiger partial charge in [0.05, 0.1) is 5.56 Å². The fourth-order valence-electron chi connectivity index (χ4n) is 2.34. The van der Waals surface area contributed by atoms with Crippen LogP contribution in [0.2, 0.25) is 0 Å². The molecule has 1 aromatic rings. The fraction of sp³-hybridized carbons (Fsp3) is 0.412. The van der Waals surface area contributed by atoms with Crippen molar-refractivity contribution in [2.45, 2.75) is 38.3 Å². The molecule has 1 aromatic carbocycles. The normalized spacial score (nSPS) is 23.2. The Balaban J connectivity index is 2.16. The number of carbonyl (C=O) groups is 2. The first kappa shape index (κ1) is 19.0. The molecule has 0 aromatic heterocycles. The maximum Gasteiger partial charge on any atom is 0.416 e. The first-order valence-corrected chi connectivity index (χ1v) is 7.48. The Kier molecular flexibility index (Phi) is 5.84. The van der Waals surface area contributed by atoms with Crippen LogP contribution in [0.4, 0.5) is 13.2 Å². The van der Waals surface area contributed by atoms with Gasteiger partial charge in [0.25, 0.3) is 0 Å². The highest BCUT2D eigenvalue weighted by Gasteiger charge is 2.33. The monoisotopic (exact) mass is 358 g/mol. The zero-order chi connectivity index (χ0) is 18.6. The lowest BCUT2D eigenvalue weighted by molar-refractivity contribution is -0.163. The van der Waals surface area contributed by atoms with Crippen molar-refractivity contribution in [3.63, 3.8) is 0 Å². The quantitative estimate of drug-likeness (QED) is 0.611. The SMILES string of the molecule is CC(=O)OC[C@H]1O[C@H](c2ccc(C(F)(F)F)cc2)C=C[C@@H]1OC(C)=O. The third-order valence-electron chi connectivity index (χ3n) is 3.48. The molecule has 0 saturated carbocycles.